The summed E-state index contributed by atoms with van der Waals surface area (Å²) in [7, 11) is 2.17. The minimum absolute atomic E-state index is 0.00882. The van der Waals surface area contributed by atoms with Crippen molar-refractivity contribution in [2.45, 2.75) is 31.6 Å². The Morgan fingerprint density at radius 3 is 1.98 bits per heavy atom. The number of hydrogen-bond acceptors (Lipinski definition) is 1. The van der Waals surface area contributed by atoms with Gasteiger partial charge in [0.15, 0.2) is 0 Å². The molecule has 0 heterocycles. The van der Waals surface area contributed by atoms with Gasteiger partial charge in [0.2, 0.25) is 0 Å². The van der Waals surface area contributed by atoms with Crippen molar-refractivity contribution < 1.29 is 0 Å². The molecule has 0 aliphatic heterocycles. The predicted octanol–water partition coefficient (Wildman–Crippen LogP) is 10.4. The summed E-state index contributed by atoms with van der Waals surface area (Å²) in [5.41, 5.74) is 14.5. The lowest BCUT2D eigenvalue weighted by Gasteiger charge is -2.31. The van der Waals surface area contributed by atoms with E-state index in [2.05, 4.69) is 165 Å². The standard InChI is InChI=1S/C40H35N/c1-40(2)37-19-11-9-18-35(37)36-26-25-30(27-38(36)40)33-16-8-7-15-32(33)28-21-23-29(24-22-28)34-17-10-12-20-39(34)41(3)31-13-5-4-6-14-31/h4-16,18-27,34H,17H2,1-3H3. The minimum atomic E-state index is -0.00882. The second-order valence-corrected chi connectivity index (χ2v) is 11.8. The lowest BCUT2D eigenvalue weighted by molar-refractivity contribution is 0.660. The number of rotatable bonds is 5. The molecule has 0 spiro atoms. The van der Waals surface area contributed by atoms with Gasteiger partial charge in [0.05, 0.1) is 0 Å². The zero-order valence-corrected chi connectivity index (χ0v) is 24.0. The van der Waals surface area contributed by atoms with E-state index < -0.39 is 0 Å². The van der Waals surface area contributed by atoms with Crippen molar-refractivity contribution >= 4 is 5.69 Å². The zero-order chi connectivity index (χ0) is 28.0. The second kappa shape index (κ2) is 10.1. The molecule has 0 saturated carbocycles. The Balaban J connectivity index is 1.22. The Labute approximate surface area is 244 Å². The Morgan fingerprint density at radius 2 is 1.22 bits per heavy atom. The summed E-state index contributed by atoms with van der Waals surface area (Å²) in [6.07, 6.45) is 7.74. The molecule has 1 heteroatoms. The van der Waals surface area contributed by atoms with E-state index in [4.69, 9.17) is 0 Å². The van der Waals surface area contributed by atoms with Crippen LogP contribution in [0, 0.1) is 0 Å². The molecule has 200 valence electrons. The van der Waals surface area contributed by atoms with E-state index in [1.165, 1.54) is 61.5 Å². The Hall–Kier alpha value is -4.62. The monoisotopic (exact) mass is 529 g/mol. The number of anilines is 1. The molecule has 0 aromatic heterocycles. The summed E-state index contributed by atoms with van der Waals surface area (Å²) in [5, 5.41) is 0. The van der Waals surface area contributed by atoms with Crippen LogP contribution >= 0.6 is 0 Å². The van der Waals surface area contributed by atoms with Crippen LogP contribution in [-0.2, 0) is 5.41 Å². The Morgan fingerprint density at radius 1 is 0.610 bits per heavy atom. The number of benzene rings is 5. The maximum atomic E-state index is 2.42. The van der Waals surface area contributed by atoms with Crippen molar-refractivity contribution in [1.29, 1.82) is 0 Å². The van der Waals surface area contributed by atoms with Crippen molar-refractivity contribution in [2.75, 3.05) is 11.9 Å². The highest BCUT2D eigenvalue weighted by molar-refractivity contribution is 5.88. The van der Waals surface area contributed by atoms with E-state index in [1.807, 2.05) is 0 Å². The van der Waals surface area contributed by atoms with Crippen molar-refractivity contribution in [3.8, 4) is 33.4 Å². The quantitative estimate of drug-likeness (QED) is 0.219. The molecule has 0 fully saturated rings. The lowest BCUT2D eigenvalue weighted by atomic mass is 9.81. The van der Waals surface area contributed by atoms with E-state index in [0.717, 1.165) is 6.42 Å². The largest absolute Gasteiger partial charge is 0.348 e. The second-order valence-electron chi connectivity index (χ2n) is 11.8. The van der Waals surface area contributed by atoms with Crippen molar-refractivity contribution in [3.63, 3.8) is 0 Å². The topological polar surface area (TPSA) is 3.24 Å². The molecule has 0 amide bonds. The minimum Gasteiger partial charge on any atom is -0.348 e. The highest BCUT2D eigenvalue weighted by Gasteiger charge is 2.35. The van der Waals surface area contributed by atoms with Gasteiger partial charge in [-0.25, -0.2) is 0 Å². The third-order valence-corrected chi connectivity index (χ3v) is 9.11. The van der Waals surface area contributed by atoms with Crippen LogP contribution in [0.1, 0.15) is 42.9 Å². The number of para-hydroxylation sites is 1. The van der Waals surface area contributed by atoms with Crippen LogP contribution in [0.2, 0.25) is 0 Å². The molecular formula is C40H35N. The number of hydrogen-bond donors (Lipinski definition) is 0. The van der Waals surface area contributed by atoms with E-state index in [9.17, 15) is 0 Å². The van der Waals surface area contributed by atoms with E-state index in [0.29, 0.717) is 5.92 Å². The molecule has 2 aliphatic carbocycles. The van der Waals surface area contributed by atoms with Gasteiger partial charge in [-0.1, -0.05) is 129 Å². The van der Waals surface area contributed by atoms with Crippen LogP contribution < -0.4 is 4.90 Å². The average Bonchev–Trinajstić information content (AvgIpc) is 3.27. The van der Waals surface area contributed by atoms with Crippen LogP contribution in [0.4, 0.5) is 5.69 Å². The predicted molar refractivity (Wildman–Crippen MR) is 174 cm³/mol. The van der Waals surface area contributed by atoms with Gasteiger partial charge < -0.3 is 4.90 Å². The molecule has 1 unspecified atom stereocenters. The SMILES string of the molecule is CN(C1=CC=CCC1c1ccc(-c2ccccc2-c2ccc3c(c2)C(C)(C)c2ccccc2-3)cc1)c1ccccc1. The lowest BCUT2D eigenvalue weighted by Crippen LogP contribution is -2.22. The van der Waals surface area contributed by atoms with Gasteiger partial charge in [0.1, 0.15) is 0 Å². The molecule has 5 aromatic carbocycles. The summed E-state index contributed by atoms with van der Waals surface area (Å²) < 4.78 is 0. The fourth-order valence-corrected chi connectivity index (χ4v) is 6.82. The summed E-state index contributed by atoms with van der Waals surface area (Å²) in [4.78, 5) is 2.32. The maximum Gasteiger partial charge on any atom is 0.0405 e. The van der Waals surface area contributed by atoms with Gasteiger partial charge in [-0.2, -0.15) is 0 Å². The van der Waals surface area contributed by atoms with Crippen molar-refractivity contribution in [2.24, 2.45) is 0 Å². The fourth-order valence-electron chi connectivity index (χ4n) is 6.82. The molecule has 5 aromatic rings. The first kappa shape index (κ1) is 25.4. The Bertz CT molecular complexity index is 1790. The van der Waals surface area contributed by atoms with Gasteiger partial charge in [-0.05, 0) is 80.8 Å². The molecule has 0 saturated heterocycles. The number of allylic oxidation sites excluding steroid dienone is 4. The van der Waals surface area contributed by atoms with Gasteiger partial charge in [0, 0.05) is 29.8 Å². The summed E-state index contributed by atoms with van der Waals surface area (Å²) in [6.45, 7) is 4.70. The molecule has 0 radical (unpaired) electrons. The van der Waals surface area contributed by atoms with E-state index in [-0.39, 0.29) is 5.41 Å². The highest BCUT2D eigenvalue weighted by atomic mass is 15.1. The first-order valence-corrected chi connectivity index (χ1v) is 14.6. The summed E-state index contributed by atoms with van der Waals surface area (Å²) in [6, 6.07) is 44.6. The first-order valence-electron chi connectivity index (χ1n) is 14.6. The summed E-state index contributed by atoms with van der Waals surface area (Å²) >= 11 is 0. The van der Waals surface area contributed by atoms with Crippen molar-refractivity contribution in [3.05, 3.63) is 162 Å². The van der Waals surface area contributed by atoms with Crippen molar-refractivity contribution in [1.82, 2.24) is 0 Å². The van der Waals surface area contributed by atoms with Gasteiger partial charge >= 0.3 is 0 Å². The molecule has 7 rings (SSSR count). The average molecular weight is 530 g/mol. The van der Waals surface area contributed by atoms with E-state index >= 15 is 0 Å². The number of nitrogens with zero attached hydrogens (tertiary/aromatic N) is 1. The molecule has 0 bridgehead atoms. The normalized spacial score (nSPS) is 16.6. The molecule has 0 N–H and O–H groups in total. The zero-order valence-electron chi connectivity index (χ0n) is 24.0. The highest BCUT2D eigenvalue weighted by Crippen LogP contribution is 2.50. The molecule has 41 heavy (non-hydrogen) atoms. The molecule has 2 aliphatic rings. The van der Waals surface area contributed by atoms with Crippen LogP contribution in [0.5, 0.6) is 0 Å². The van der Waals surface area contributed by atoms with Crippen LogP contribution in [0.15, 0.2) is 145 Å². The van der Waals surface area contributed by atoms with Crippen LogP contribution in [0.3, 0.4) is 0 Å². The molecular weight excluding hydrogens is 494 g/mol. The van der Waals surface area contributed by atoms with Crippen LogP contribution in [-0.4, -0.2) is 7.05 Å². The third-order valence-electron chi connectivity index (χ3n) is 9.11. The fraction of sp³-hybridized carbons (Fsp3) is 0.150. The van der Waals surface area contributed by atoms with E-state index in [1.54, 1.807) is 0 Å². The third kappa shape index (κ3) is 4.33. The maximum absolute atomic E-state index is 2.42. The Kier molecular flexibility index (Phi) is 6.24. The molecule has 1 nitrogen and oxygen atoms in total. The first-order chi connectivity index (χ1) is 20.0. The van der Waals surface area contributed by atoms with Crippen LogP contribution in [0.25, 0.3) is 33.4 Å². The van der Waals surface area contributed by atoms with Gasteiger partial charge in [-0.15, -0.1) is 0 Å². The summed E-state index contributed by atoms with van der Waals surface area (Å²) in [5.74, 6) is 0.329. The van der Waals surface area contributed by atoms with Gasteiger partial charge in [0.25, 0.3) is 0 Å². The molecule has 1 atom stereocenters. The number of likely N-dealkylation sites (N-methyl/N-ethyl adjacent to an activating group) is 1. The smallest absolute Gasteiger partial charge is 0.0405 e. The number of fused-ring (bicyclic) bond motifs is 3. The van der Waals surface area contributed by atoms with Gasteiger partial charge in [-0.3, -0.25) is 0 Å².